The van der Waals surface area contributed by atoms with Crippen molar-refractivity contribution in [3.63, 3.8) is 0 Å². The summed E-state index contributed by atoms with van der Waals surface area (Å²) in [6, 6.07) is 11.7. The third-order valence-corrected chi connectivity index (χ3v) is 8.15. The van der Waals surface area contributed by atoms with Crippen LogP contribution in [0.2, 0.25) is 0 Å². The third-order valence-electron chi connectivity index (χ3n) is 6.24. The molecule has 0 aliphatic carbocycles. The quantitative estimate of drug-likeness (QED) is 0.581. The zero-order valence-corrected chi connectivity index (χ0v) is 20.7. The monoisotopic (exact) mass is 496 g/mol. The Bertz CT molecular complexity index is 1100. The molecule has 186 valence electrons. The van der Waals surface area contributed by atoms with Gasteiger partial charge < -0.3 is 4.90 Å². The summed E-state index contributed by atoms with van der Waals surface area (Å²) in [5, 5.41) is 0. The average molecular weight is 497 g/mol. The zero-order chi connectivity index (χ0) is 25.3. The summed E-state index contributed by atoms with van der Waals surface area (Å²) >= 11 is 0. The Morgan fingerprint density at radius 1 is 0.941 bits per heavy atom. The molecule has 0 bridgehead atoms. The molecule has 0 saturated carbocycles. The summed E-state index contributed by atoms with van der Waals surface area (Å²) in [6.07, 6.45) is -3.60. The van der Waals surface area contributed by atoms with Gasteiger partial charge in [0.25, 0.3) is 0 Å². The van der Waals surface area contributed by atoms with Crippen LogP contribution in [0.4, 0.5) is 13.2 Å². The molecule has 1 fully saturated rings. The number of halogens is 3. The Kier molecular flexibility index (Phi) is 7.48. The minimum absolute atomic E-state index is 0.0760. The second kappa shape index (κ2) is 9.70. The number of carbonyl (C=O) groups is 1. The van der Waals surface area contributed by atoms with Crippen molar-refractivity contribution in [2.45, 2.75) is 56.6 Å². The van der Waals surface area contributed by atoms with E-state index >= 15 is 0 Å². The molecule has 34 heavy (non-hydrogen) atoms. The van der Waals surface area contributed by atoms with Gasteiger partial charge in [-0.15, -0.1) is 0 Å². The first-order chi connectivity index (χ1) is 15.7. The first-order valence-electron chi connectivity index (χ1n) is 11.2. The van der Waals surface area contributed by atoms with E-state index < -0.39 is 21.8 Å². The van der Waals surface area contributed by atoms with Crippen molar-refractivity contribution in [3.05, 3.63) is 65.2 Å². The van der Waals surface area contributed by atoms with Crippen molar-refractivity contribution in [1.82, 2.24) is 9.21 Å². The number of nitrogens with zero attached hydrogens (tertiary/aromatic N) is 2. The minimum atomic E-state index is -4.40. The second-order valence-corrected chi connectivity index (χ2v) is 11.8. The highest BCUT2D eigenvalue weighted by Gasteiger charge is 2.34. The predicted molar refractivity (Wildman–Crippen MR) is 125 cm³/mol. The molecule has 1 saturated heterocycles. The Balaban J connectivity index is 1.58. The lowest BCUT2D eigenvalue weighted by atomic mass is 9.87. The van der Waals surface area contributed by atoms with Crippen LogP contribution < -0.4 is 0 Å². The second-order valence-electron chi connectivity index (χ2n) is 9.84. The molecule has 1 heterocycles. The molecule has 1 aliphatic rings. The van der Waals surface area contributed by atoms with Crippen LogP contribution in [0.25, 0.3) is 0 Å². The Morgan fingerprint density at radius 2 is 1.44 bits per heavy atom. The molecule has 1 amide bonds. The van der Waals surface area contributed by atoms with Gasteiger partial charge in [0.2, 0.25) is 15.9 Å². The first-order valence-corrected chi connectivity index (χ1v) is 12.7. The van der Waals surface area contributed by atoms with E-state index in [1.165, 1.54) is 21.3 Å². The van der Waals surface area contributed by atoms with Crippen LogP contribution in [0.3, 0.4) is 0 Å². The van der Waals surface area contributed by atoms with Gasteiger partial charge in [0.15, 0.2) is 0 Å². The number of alkyl halides is 3. The number of benzene rings is 2. The fraction of sp³-hybridized carbons (Fsp3) is 0.480. The maximum absolute atomic E-state index is 13.0. The molecule has 2 aromatic carbocycles. The molecule has 0 radical (unpaired) electrons. The summed E-state index contributed by atoms with van der Waals surface area (Å²) < 4.78 is 65.7. The number of sulfonamides is 1. The lowest BCUT2D eigenvalue weighted by Crippen LogP contribution is -2.43. The van der Waals surface area contributed by atoms with E-state index in [2.05, 4.69) is 20.8 Å². The molecular weight excluding hydrogens is 465 g/mol. The number of rotatable bonds is 5. The molecule has 0 atom stereocenters. The highest BCUT2D eigenvalue weighted by atomic mass is 32.2. The van der Waals surface area contributed by atoms with Crippen LogP contribution >= 0.6 is 0 Å². The Hall–Kier alpha value is -2.39. The molecule has 5 nitrogen and oxygen atoms in total. The molecule has 9 heteroatoms. The van der Waals surface area contributed by atoms with E-state index in [1.54, 1.807) is 19.2 Å². The Morgan fingerprint density at radius 3 is 1.91 bits per heavy atom. The molecule has 0 spiro atoms. The Labute approximate surface area is 199 Å². The number of hydrogen-bond donors (Lipinski definition) is 0. The van der Waals surface area contributed by atoms with E-state index in [1.807, 2.05) is 12.1 Å². The predicted octanol–water partition coefficient (Wildman–Crippen LogP) is 5.06. The molecular formula is C25H31F3N2O3S. The van der Waals surface area contributed by atoms with Crippen molar-refractivity contribution < 1.29 is 26.4 Å². The van der Waals surface area contributed by atoms with E-state index in [4.69, 9.17) is 0 Å². The molecule has 2 aromatic rings. The van der Waals surface area contributed by atoms with Gasteiger partial charge >= 0.3 is 6.18 Å². The summed E-state index contributed by atoms with van der Waals surface area (Å²) in [6.45, 7) is 6.87. The first kappa shape index (κ1) is 26.2. The smallest absolute Gasteiger partial charge is 0.341 e. The largest absolute Gasteiger partial charge is 0.416 e. The van der Waals surface area contributed by atoms with Crippen molar-refractivity contribution >= 4 is 15.9 Å². The molecule has 0 N–H and O–H groups in total. The maximum Gasteiger partial charge on any atom is 0.416 e. The summed E-state index contributed by atoms with van der Waals surface area (Å²) in [7, 11) is -2.03. The number of hydrogen-bond acceptors (Lipinski definition) is 3. The lowest BCUT2D eigenvalue weighted by Gasteiger charge is -2.32. The zero-order valence-electron chi connectivity index (χ0n) is 19.9. The highest BCUT2D eigenvalue weighted by molar-refractivity contribution is 7.89. The maximum atomic E-state index is 13.0. The molecule has 0 unspecified atom stereocenters. The molecule has 0 aromatic heterocycles. The SMILES string of the molecule is CN(Cc1ccc(C(F)(F)F)cc1)C(=O)C1CCN(S(=O)(=O)c2ccc(C(C)(C)C)cc2)CC1. The number of piperidine rings is 1. The van der Waals surface area contributed by atoms with Crippen molar-refractivity contribution in [2.24, 2.45) is 5.92 Å². The van der Waals surface area contributed by atoms with Gasteiger partial charge in [-0.3, -0.25) is 4.79 Å². The van der Waals surface area contributed by atoms with Gasteiger partial charge in [0, 0.05) is 32.6 Å². The van der Waals surface area contributed by atoms with Gasteiger partial charge in [-0.05, 0) is 53.6 Å². The van der Waals surface area contributed by atoms with Crippen LogP contribution in [-0.4, -0.2) is 43.7 Å². The summed E-state index contributed by atoms with van der Waals surface area (Å²) in [4.78, 5) is 14.6. The van der Waals surface area contributed by atoms with Crippen LogP contribution in [0, 0.1) is 5.92 Å². The molecule has 1 aliphatic heterocycles. The lowest BCUT2D eigenvalue weighted by molar-refractivity contribution is -0.138. The van der Waals surface area contributed by atoms with E-state index in [9.17, 15) is 26.4 Å². The average Bonchev–Trinajstić information content (AvgIpc) is 2.78. The van der Waals surface area contributed by atoms with Crippen molar-refractivity contribution in [1.29, 1.82) is 0 Å². The fourth-order valence-electron chi connectivity index (χ4n) is 4.08. The number of carbonyl (C=O) groups excluding carboxylic acids is 1. The van der Waals surface area contributed by atoms with Crippen LogP contribution in [0.15, 0.2) is 53.4 Å². The number of amides is 1. The van der Waals surface area contributed by atoms with Crippen LogP contribution in [0.1, 0.15) is 50.3 Å². The van der Waals surface area contributed by atoms with E-state index in [0.29, 0.717) is 18.4 Å². The van der Waals surface area contributed by atoms with Crippen LogP contribution in [0.5, 0.6) is 0 Å². The van der Waals surface area contributed by atoms with Gasteiger partial charge in [-0.2, -0.15) is 17.5 Å². The minimum Gasteiger partial charge on any atom is -0.341 e. The van der Waals surface area contributed by atoms with Gasteiger partial charge in [0.1, 0.15) is 0 Å². The molecule has 3 rings (SSSR count). The normalized spacial score (nSPS) is 16.4. The van der Waals surface area contributed by atoms with Crippen molar-refractivity contribution in [2.75, 3.05) is 20.1 Å². The third kappa shape index (κ3) is 5.99. The fourth-order valence-corrected chi connectivity index (χ4v) is 5.55. The van der Waals surface area contributed by atoms with Gasteiger partial charge in [0.05, 0.1) is 10.5 Å². The topological polar surface area (TPSA) is 57.7 Å². The van der Waals surface area contributed by atoms with Crippen LogP contribution in [-0.2, 0) is 33.0 Å². The van der Waals surface area contributed by atoms with Gasteiger partial charge in [-0.25, -0.2) is 8.42 Å². The standard InChI is InChI=1S/C25H31F3N2O3S/c1-24(2,3)20-9-11-22(12-10-20)34(32,33)30-15-13-19(14-16-30)23(31)29(4)17-18-5-7-21(8-6-18)25(26,27)28/h5-12,19H,13-17H2,1-4H3. The van der Waals surface area contributed by atoms with E-state index in [0.717, 1.165) is 17.7 Å². The van der Waals surface area contributed by atoms with E-state index in [-0.39, 0.29) is 41.8 Å². The summed E-state index contributed by atoms with van der Waals surface area (Å²) in [5.74, 6) is -0.458. The highest BCUT2D eigenvalue weighted by Crippen LogP contribution is 2.30. The summed E-state index contributed by atoms with van der Waals surface area (Å²) in [5.41, 5.74) is 0.842. The van der Waals surface area contributed by atoms with Crippen molar-refractivity contribution in [3.8, 4) is 0 Å². The van der Waals surface area contributed by atoms with Gasteiger partial charge in [-0.1, -0.05) is 45.0 Å².